The van der Waals surface area contributed by atoms with Gasteiger partial charge in [0, 0.05) is 18.2 Å². The molecule has 0 aliphatic carbocycles. The first-order valence-electron chi connectivity index (χ1n) is 7.23. The van der Waals surface area contributed by atoms with Gasteiger partial charge in [-0.2, -0.15) is 0 Å². The molecule has 2 aromatic carbocycles. The van der Waals surface area contributed by atoms with Gasteiger partial charge in [-0.25, -0.2) is 0 Å². The lowest BCUT2D eigenvalue weighted by atomic mass is 9.97. The minimum absolute atomic E-state index is 0.0247. The summed E-state index contributed by atoms with van der Waals surface area (Å²) in [5, 5.41) is 8.76. The molecule has 1 heterocycles. The molecule has 104 valence electrons. The summed E-state index contributed by atoms with van der Waals surface area (Å²) in [6.45, 7) is 4.12. The number of hydrogen-bond donors (Lipinski definition) is 2. The van der Waals surface area contributed by atoms with Crippen LogP contribution in [0.1, 0.15) is 23.7 Å². The Hall–Kier alpha value is -1.87. The maximum atomic E-state index is 12.3. The van der Waals surface area contributed by atoms with Crippen molar-refractivity contribution in [3.8, 4) is 0 Å². The van der Waals surface area contributed by atoms with Crippen LogP contribution in [0.25, 0.3) is 10.8 Å². The van der Waals surface area contributed by atoms with E-state index in [9.17, 15) is 4.79 Å². The molecule has 2 N–H and O–H groups in total. The largest absolute Gasteiger partial charge is 0.348 e. The molecule has 1 amide bonds. The lowest BCUT2D eigenvalue weighted by molar-refractivity contribution is 0.0925. The van der Waals surface area contributed by atoms with E-state index in [1.165, 1.54) is 0 Å². The summed E-state index contributed by atoms with van der Waals surface area (Å²) in [5.74, 6) is 0.641. The molecule has 20 heavy (non-hydrogen) atoms. The summed E-state index contributed by atoms with van der Waals surface area (Å²) in [6.07, 6.45) is 1.05. The van der Waals surface area contributed by atoms with E-state index >= 15 is 0 Å². The smallest absolute Gasteiger partial charge is 0.251 e. The maximum absolute atomic E-state index is 12.3. The van der Waals surface area contributed by atoms with Crippen LogP contribution in [0.3, 0.4) is 0 Å². The van der Waals surface area contributed by atoms with Gasteiger partial charge in [0.25, 0.3) is 5.91 Å². The predicted molar refractivity (Wildman–Crippen MR) is 81.9 cm³/mol. The number of nitrogens with one attached hydrogen (secondary N) is 2. The minimum atomic E-state index is 0.0247. The van der Waals surface area contributed by atoms with E-state index in [-0.39, 0.29) is 11.9 Å². The highest BCUT2D eigenvalue weighted by Gasteiger charge is 2.20. The third-order valence-corrected chi connectivity index (χ3v) is 3.92. The first-order chi connectivity index (χ1) is 9.72. The topological polar surface area (TPSA) is 41.1 Å². The standard InChI is InChI=1S/C17H20N2O/c1-12-8-16(11-18-10-12)19-17(20)15-7-6-13-4-2-3-5-14(13)9-15/h2-7,9,12,16,18H,8,10-11H2,1H3,(H,19,20). The third-order valence-electron chi connectivity index (χ3n) is 3.92. The van der Waals surface area contributed by atoms with E-state index in [1.54, 1.807) is 0 Å². The van der Waals surface area contributed by atoms with Gasteiger partial charge in [-0.3, -0.25) is 4.79 Å². The highest BCUT2D eigenvalue weighted by atomic mass is 16.1. The van der Waals surface area contributed by atoms with Gasteiger partial charge >= 0.3 is 0 Å². The number of carbonyl (C=O) groups is 1. The second kappa shape index (κ2) is 5.63. The van der Waals surface area contributed by atoms with Crippen molar-refractivity contribution in [3.05, 3.63) is 48.0 Å². The summed E-state index contributed by atoms with van der Waals surface area (Å²) < 4.78 is 0. The molecule has 1 aliphatic heterocycles. The number of rotatable bonds is 2. The summed E-state index contributed by atoms with van der Waals surface area (Å²) >= 11 is 0. The molecule has 0 spiro atoms. The average Bonchev–Trinajstić information content (AvgIpc) is 2.47. The Morgan fingerprint density at radius 1 is 1.15 bits per heavy atom. The molecule has 1 saturated heterocycles. The molecule has 0 aromatic heterocycles. The second-order valence-corrected chi connectivity index (χ2v) is 5.73. The number of carbonyl (C=O) groups excluding carboxylic acids is 1. The first-order valence-corrected chi connectivity index (χ1v) is 7.23. The summed E-state index contributed by atoms with van der Waals surface area (Å²) in [7, 11) is 0. The van der Waals surface area contributed by atoms with Crippen LogP contribution in [0.4, 0.5) is 0 Å². The van der Waals surface area contributed by atoms with Gasteiger partial charge in [0.05, 0.1) is 0 Å². The van der Waals surface area contributed by atoms with E-state index in [1.807, 2.05) is 36.4 Å². The van der Waals surface area contributed by atoms with Gasteiger partial charge in [0.15, 0.2) is 0 Å². The normalized spacial score (nSPS) is 22.6. The molecule has 2 atom stereocenters. The summed E-state index contributed by atoms with van der Waals surface area (Å²) in [5.41, 5.74) is 0.738. The van der Waals surface area contributed by atoms with E-state index in [0.29, 0.717) is 5.92 Å². The molecular formula is C17H20N2O. The van der Waals surface area contributed by atoms with Crippen molar-refractivity contribution in [1.82, 2.24) is 10.6 Å². The molecule has 2 unspecified atom stereocenters. The molecule has 1 aliphatic rings. The van der Waals surface area contributed by atoms with Gasteiger partial charge in [0.1, 0.15) is 0 Å². The lowest BCUT2D eigenvalue weighted by Crippen LogP contribution is -2.48. The van der Waals surface area contributed by atoms with Crippen LogP contribution in [0.2, 0.25) is 0 Å². The Balaban J connectivity index is 1.75. The number of piperidine rings is 1. The van der Waals surface area contributed by atoms with Crippen molar-refractivity contribution in [2.45, 2.75) is 19.4 Å². The fraction of sp³-hybridized carbons (Fsp3) is 0.353. The number of benzene rings is 2. The molecule has 3 heteroatoms. The van der Waals surface area contributed by atoms with Crippen molar-refractivity contribution in [1.29, 1.82) is 0 Å². The highest BCUT2D eigenvalue weighted by Crippen LogP contribution is 2.16. The fourth-order valence-electron chi connectivity index (χ4n) is 2.87. The Labute approximate surface area is 119 Å². The van der Waals surface area contributed by atoms with Crippen LogP contribution in [-0.2, 0) is 0 Å². The van der Waals surface area contributed by atoms with Gasteiger partial charge < -0.3 is 10.6 Å². The number of amides is 1. The quantitative estimate of drug-likeness (QED) is 0.879. The van der Waals surface area contributed by atoms with Crippen LogP contribution < -0.4 is 10.6 Å². The van der Waals surface area contributed by atoms with Crippen LogP contribution in [-0.4, -0.2) is 25.0 Å². The van der Waals surface area contributed by atoms with E-state index in [0.717, 1.165) is 35.8 Å². The second-order valence-electron chi connectivity index (χ2n) is 5.73. The Kier molecular flexibility index (Phi) is 3.70. The van der Waals surface area contributed by atoms with Crippen molar-refractivity contribution in [2.75, 3.05) is 13.1 Å². The Bertz CT molecular complexity index is 623. The van der Waals surface area contributed by atoms with E-state index < -0.39 is 0 Å². The van der Waals surface area contributed by atoms with Crippen LogP contribution >= 0.6 is 0 Å². The molecule has 3 rings (SSSR count). The number of hydrogen-bond acceptors (Lipinski definition) is 2. The van der Waals surface area contributed by atoms with Crippen LogP contribution in [0, 0.1) is 5.92 Å². The molecule has 1 fully saturated rings. The van der Waals surface area contributed by atoms with Crippen molar-refractivity contribution in [3.63, 3.8) is 0 Å². The monoisotopic (exact) mass is 268 g/mol. The van der Waals surface area contributed by atoms with Crippen molar-refractivity contribution in [2.24, 2.45) is 5.92 Å². The van der Waals surface area contributed by atoms with Gasteiger partial charge in [0.2, 0.25) is 0 Å². The zero-order chi connectivity index (χ0) is 13.9. The zero-order valence-corrected chi connectivity index (χ0v) is 11.7. The van der Waals surface area contributed by atoms with Gasteiger partial charge in [-0.05, 0) is 41.8 Å². The minimum Gasteiger partial charge on any atom is -0.348 e. The third kappa shape index (κ3) is 2.83. The maximum Gasteiger partial charge on any atom is 0.251 e. The highest BCUT2D eigenvalue weighted by molar-refractivity contribution is 5.98. The van der Waals surface area contributed by atoms with Crippen LogP contribution in [0.5, 0.6) is 0 Å². The van der Waals surface area contributed by atoms with Crippen molar-refractivity contribution < 1.29 is 4.79 Å². The first kappa shape index (κ1) is 13.1. The SMILES string of the molecule is CC1CNCC(NC(=O)c2ccc3ccccc3c2)C1. The van der Waals surface area contributed by atoms with E-state index in [2.05, 4.69) is 23.6 Å². The van der Waals surface area contributed by atoms with E-state index in [4.69, 9.17) is 0 Å². The van der Waals surface area contributed by atoms with Gasteiger partial charge in [-0.1, -0.05) is 37.3 Å². The van der Waals surface area contributed by atoms with Crippen molar-refractivity contribution >= 4 is 16.7 Å². The Morgan fingerprint density at radius 3 is 2.75 bits per heavy atom. The fourth-order valence-corrected chi connectivity index (χ4v) is 2.87. The predicted octanol–water partition coefficient (Wildman–Crippen LogP) is 2.57. The molecule has 2 aromatic rings. The summed E-state index contributed by atoms with van der Waals surface area (Å²) in [6, 6.07) is 14.2. The molecule has 3 nitrogen and oxygen atoms in total. The molecular weight excluding hydrogens is 248 g/mol. The number of fused-ring (bicyclic) bond motifs is 1. The molecule has 0 radical (unpaired) electrons. The lowest BCUT2D eigenvalue weighted by Gasteiger charge is -2.28. The molecule has 0 saturated carbocycles. The van der Waals surface area contributed by atoms with Gasteiger partial charge in [-0.15, -0.1) is 0 Å². The average molecular weight is 268 g/mol. The molecule has 0 bridgehead atoms. The Morgan fingerprint density at radius 2 is 1.95 bits per heavy atom. The van der Waals surface area contributed by atoms with Crippen LogP contribution in [0.15, 0.2) is 42.5 Å². The zero-order valence-electron chi connectivity index (χ0n) is 11.7. The summed E-state index contributed by atoms with van der Waals surface area (Å²) in [4.78, 5) is 12.3.